The summed E-state index contributed by atoms with van der Waals surface area (Å²) in [5, 5.41) is 40.9. The maximum Gasteiger partial charge on any atom is 0.152 e. The second-order valence-corrected chi connectivity index (χ2v) is 15.2. The third-order valence-corrected chi connectivity index (χ3v) is 10.2. The lowest BCUT2D eigenvalue weighted by atomic mass is 10.1. The van der Waals surface area contributed by atoms with Gasteiger partial charge in [0, 0.05) is 28.9 Å². The first-order chi connectivity index (χ1) is 26.6. The molecule has 6 rings (SSSR count). The molecule has 290 valence electrons. The fourth-order valence-electron chi connectivity index (χ4n) is 5.46. The van der Waals surface area contributed by atoms with Gasteiger partial charge in [0.1, 0.15) is 50.3 Å². The van der Waals surface area contributed by atoms with Crippen LogP contribution >= 0.6 is 21.7 Å². The van der Waals surface area contributed by atoms with Gasteiger partial charge in [-0.1, -0.05) is 18.2 Å². The van der Waals surface area contributed by atoms with E-state index in [-0.39, 0.29) is 22.0 Å². The number of ether oxygens (including phenoxy) is 2. The summed E-state index contributed by atoms with van der Waals surface area (Å²) in [5.41, 5.74) is 4.41. The fraction of sp³-hybridized carbons (Fsp3) is 0.105. The molecule has 0 heterocycles. The molecule has 8 N–H and O–H groups in total. The highest BCUT2D eigenvalue weighted by Crippen LogP contribution is 2.54. The summed E-state index contributed by atoms with van der Waals surface area (Å²) in [6, 6.07) is 28.0. The summed E-state index contributed by atoms with van der Waals surface area (Å²) >= 11 is 0. The molecule has 18 heteroatoms. The molecule has 0 amide bonds. The number of phenolic OH excluding ortho intramolecular Hbond substituents is 1. The first kappa shape index (κ1) is 39.7. The molecule has 0 saturated heterocycles. The molecule has 6 aromatic rings. The molecule has 0 atom stereocenters. The van der Waals surface area contributed by atoms with Gasteiger partial charge in [0.25, 0.3) is 0 Å². The number of benzene rings is 6. The minimum absolute atomic E-state index is 0.0391. The predicted molar refractivity (Wildman–Crippen MR) is 217 cm³/mol. The SMILES string of the molecule is COc1cc(N=Nc2ccc(S(O)(O)O)cc2)c(C)cc1N=Nc1cc(OC)c(N=Nc2c(S(O)(O)O)cc3cc(Nc4ccccc4)ccc3c2O)cc1C. The number of rotatable bonds is 12. The maximum absolute atomic E-state index is 11.3. The Balaban J connectivity index is 1.26. The van der Waals surface area contributed by atoms with Crippen molar-refractivity contribution < 1.29 is 41.9 Å². The monoisotopic (exact) mass is 799 g/mol. The molecule has 0 spiro atoms. The number of aryl methyl sites for hydroxylation is 2. The van der Waals surface area contributed by atoms with Crippen LogP contribution in [0.15, 0.2) is 144 Å². The number of fused-ring (bicyclic) bond motifs is 1. The Labute approximate surface area is 324 Å². The van der Waals surface area contributed by atoms with Crippen LogP contribution in [-0.2, 0) is 0 Å². The minimum atomic E-state index is -4.36. The lowest BCUT2D eigenvalue weighted by Crippen LogP contribution is -1.97. The number of hydrogen-bond acceptors (Lipinski definition) is 16. The topological polar surface area (TPSA) is 246 Å². The van der Waals surface area contributed by atoms with Crippen molar-refractivity contribution in [3.05, 3.63) is 114 Å². The van der Waals surface area contributed by atoms with E-state index in [9.17, 15) is 32.4 Å². The molecular weight excluding hydrogens is 763 g/mol. The number of nitrogens with zero attached hydrogens (tertiary/aromatic N) is 6. The summed E-state index contributed by atoms with van der Waals surface area (Å²) in [5.74, 6) is 0.175. The van der Waals surface area contributed by atoms with E-state index in [0.29, 0.717) is 56.1 Å². The van der Waals surface area contributed by atoms with Crippen molar-refractivity contribution in [2.75, 3.05) is 19.5 Å². The number of anilines is 2. The Bertz CT molecular complexity index is 2490. The van der Waals surface area contributed by atoms with Gasteiger partial charge in [0.15, 0.2) is 5.75 Å². The highest BCUT2D eigenvalue weighted by Gasteiger charge is 2.26. The zero-order valence-electron chi connectivity index (χ0n) is 30.3. The van der Waals surface area contributed by atoms with Crippen LogP contribution in [0.2, 0.25) is 0 Å². The summed E-state index contributed by atoms with van der Waals surface area (Å²) in [6.45, 7) is 3.57. The molecule has 0 radical (unpaired) electrons. The zero-order chi connectivity index (χ0) is 40.2. The van der Waals surface area contributed by atoms with Gasteiger partial charge in [0.05, 0.1) is 41.1 Å². The second-order valence-electron chi connectivity index (χ2n) is 12.3. The smallest absolute Gasteiger partial charge is 0.152 e. The van der Waals surface area contributed by atoms with Gasteiger partial charge >= 0.3 is 0 Å². The van der Waals surface area contributed by atoms with Crippen LogP contribution in [0.5, 0.6) is 17.2 Å². The van der Waals surface area contributed by atoms with E-state index in [4.69, 9.17) is 9.47 Å². The molecule has 0 saturated carbocycles. The molecule has 0 aliphatic carbocycles. The van der Waals surface area contributed by atoms with Gasteiger partial charge in [-0.3, -0.25) is 0 Å². The number of aromatic hydroxyl groups is 1. The van der Waals surface area contributed by atoms with Crippen molar-refractivity contribution in [1.82, 2.24) is 0 Å². The van der Waals surface area contributed by atoms with Crippen LogP contribution in [0, 0.1) is 13.8 Å². The zero-order valence-corrected chi connectivity index (χ0v) is 31.9. The van der Waals surface area contributed by atoms with Gasteiger partial charge < -0.3 is 47.2 Å². The van der Waals surface area contributed by atoms with Gasteiger partial charge in [-0.25, -0.2) is 0 Å². The van der Waals surface area contributed by atoms with E-state index in [2.05, 4.69) is 36.0 Å². The van der Waals surface area contributed by atoms with Crippen LogP contribution in [-0.4, -0.2) is 46.6 Å². The van der Waals surface area contributed by atoms with E-state index in [1.54, 1.807) is 56.3 Å². The molecule has 56 heavy (non-hydrogen) atoms. The highest BCUT2D eigenvalue weighted by atomic mass is 32.3. The largest absolute Gasteiger partial charge is 0.505 e. The minimum Gasteiger partial charge on any atom is -0.505 e. The molecule has 0 bridgehead atoms. The van der Waals surface area contributed by atoms with E-state index in [0.717, 1.165) is 5.69 Å². The third kappa shape index (κ3) is 9.11. The van der Waals surface area contributed by atoms with E-state index in [1.807, 2.05) is 30.3 Å². The average molecular weight is 800 g/mol. The normalized spacial score (nSPS) is 12.9. The molecule has 0 aliphatic rings. The van der Waals surface area contributed by atoms with Crippen molar-refractivity contribution in [2.45, 2.75) is 23.6 Å². The Morgan fingerprint density at radius 3 is 1.64 bits per heavy atom. The van der Waals surface area contributed by atoms with E-state index < -0.39 is 32.4 Å². The van der Waals surface area contributed by atoms with Crippen molar-refractivity contribution in [3.63, 3.8) is 0 Å². The third-order valence-electron chi connectivity index (χ3n) is 8.35. The summed E-state index contributed by atoms with van der Waals surface area (Å²) < 4.78 is 70.3. The first-order valence-electron chi connectivity index (χ1n) is 16.5. The van der Waals surface area contributed by atoms with Crippen LogP contribution in [0.1, 0.15) is 11.1 Å². The number of azo groups is 3. The molecule has 6 aromatic carbocycles. The van der Waals surface area contributed by atoms with Gasteiger partial charge in [-0.15, -0.1) is 15.3 Å². The number of nitrogens with one attached hydrogen (secondary N) is 1. The lowest BCUT2D eigenvalue weighted by Gasteiger charge is -2.22. The standard InChI is InChI=1S/C38H37N7O9S2/c1-22-16-32(34(53-3)20-30(22)41-40-26-10-13-28(14-11-26)55(47,48)49)43-42-31-21-35(54-4)33(17-23(31)2)44-45-37-36(56(50,51)52)19-24-18-27(12-15-29(24)38(37)46)39-25-8-6-5-7-9-25/h5-21,39,46-52H,1-4H3. The molecule has 0 aliphatic heterocycles. The Hall–Kier alpha value is -5.96. The van der Waals surface area contributed by atoms with Crippen LogP contribution < -0.4 is 14.8 Å². The Kier molecular flexibility index (Phi) is 11.6. The van der Waals surface area contributed by atoms with Crippen LogP contribution in [0.3, 0.4) is 0 Å². The second kappa shape index (κ2) is 16.4. The van der Waals surface area contributed by atoms with Crippen molar-refractivity contribution in [1.29, 1.82) is 0 Å². The summed E-state index contributed by atoms with van der Waals surface area (Å²) in [7, 11) is -5.30. The van der Waals surface area contributed by atoms with Gasteiger partial charge in [-0.05, 0) is 103 Å². The number of methoxy groups -OCH3 is 2. The fourth-order valence-corrected chi connectivity index (χ4v) is 6.65. The van der Waals surface area contributed by atoms with Crippen LogP contribution in [0.4, 0.5) is 45.5 Å². The first-order valence-corrected chi connectivity index (χ1v) is 19.5. The van der Waals surface area contributed by atoms with E-state index in [1.165, 1.54) is 44.6 Å². The van der Waals surface area contributed by atoms with Gasteiger partial charge in [0.2, 0.25) is 0 Å². The van der Waals surface area contributed by atoms with Crippen molar-refractivity contribution in [3.8, 4) is 17.2 Å². The molecule has 0 aromatic heterocycles. The van der Waals surface area contributed by atoms with Crippen molar-refractivity contribution in [2.24, 2.45) is 30.7 Å². The summed E-state index contributed by atoms with van der Waals surface area (Å²) in [6.07, 6.45) is 0. The van der Waals surface area contributed by atoms with E-state index >= 15 is 0 Å². The molecule has 16 nitrogen and oxygen atoms in total. The maximum atomic E-state index is 11.3. The molecule has 0 unspecified atom stereocenters. The highest BCUT2D eigenvalue weighted by molar-refractivity contribution is 8.19. The predicted octanol–water partition coefficient (Wildman–Crippen LogP) is 13.3. The van der Waals surface area contributed by atoms with Gasteiger partial charge in [-0.2, -0.15) is 15.3 Å². The summed E-state index contributed by atoms with van der Waals surface area (Å²) in [4.78, 5) is -0.456. The number of para-hydroxylation sites is 1. The quantitative estimate of drug-likeness (QED) is 0.0544. The molecular formula is C38H37N7O9S2. The lowest BCUT2D eigenvalue weighted by molar-refractivity contribution is 0.373. The average Bonchev–Trinajstić information content (AvgIpc) is 3.16. The molecule has 0 fully saturated rings. The Morgan fingerprint density at radius 1 is 0.536 bits per heavy atom. The Morgan fingerprint density at radius 2 is 1.09 bits per heavy atom. The number of hydrogen-bond donors (Lipinski definition) is 8. The van der Waals surface area contributed by atoms with Crippen LogP contribution in [0.25, 0.3) is 10.8 Å². The number of phenols is 1. The van der Waals surface area contributed by atoms with Crippen molar-refractivity contribution >= 4 is 78.0 Å².